The number of hydrogen-bond acceptors (Lipinski definition) is 4. The minimum atomic E-state index is 0.409. The van der Waals surface area contributed by atoms with E-state index in [4.69, 9.17) is 0 Å². The molecule has 3 rings (SSSR count). The zero-order chi connectivity index (χ0) is 14.8. The molecule has 1 atom stereocenters. The molecule has 0 aliphatic heterocycles. The molecule has 0 aromatic carbocycles. The predicted molar refractivity (Wildman–Crippen MR) is 92.4 cm³/mol. The van der Waals surface area contributed by atoms with Crippen LogP contribution in [0.2, 0.25) is 0 Å². The summed E-state index contributed by atoms with van der Waals surface area (Å²) in [5.41, 5.74) is 1.44. The Balaban J connectivity index is 1.58. The molecule has 1 saturated carbocycles. The van der Waals surface area contributed by atoms with Crippen LogP contribution in [0.3, 0.4) is 0 Å². The molecule has 1 N–H and O–H groups in total. The summed E-state index contributed by atoms with van der Waals surface area (Å²) in [6.07, 6.45) is 7.51. The Labute approximate surface area is 135 Å². The number of hydrogen-bond donors (Lipinski definition) is 1. The lowest BCUT2D eigenvalue weighted by Crippen LogP contribution is -2.17. The van der Waals surface area contributed by atoms with Crippen LogP contribution in [-0.2, 0) is 6.54 Å². The number of nitrogens with zero attached hydrogens (tertiary/aromatic N) is 1. The van der Waals surface area contributed by atoms with Gasteiger partial charge in [-0.2, -0.15) is 0 Å². The summed E-state index contributed by atoms with van der Waals surface area (Å²) >= 11 is 3.80. The normalized spacial score (nSPS) is 17.5. The topological polar surface area (TPSA) is 24.9 Å². The van der Waals surface area contributed by atoms with Gasteiger partial charge in [0.25, 0.3) is 0 Å². The number of aromatic nitrogens is 1. The first-order valence-electron chi connectivity index (χ1n) is 7.88. The molecule has 0 bridgehead atoms. The lowest BCUT2D eigenvalue weighted by Gasteiger charge is -2.12. The van der Waals surface area contributed by atoms with E-state index >= 15 is 0 Å². The van der Waals surface area contributed by atoms with Gasteiger partial charge < -0.3 is 5.32 Å². The van der Waals surface area contributed by atoms with Gasteiger partial charge in [-0.3, -0.25) is 0 Å². The molecule has 2 heterocycles. The van der Waals surface area contributed by atoms with Gasteiger partial charge in [-0.25, -0.2) is 4.98 Å². The molecule has 2 aromatic rings. The van der Waals surface area contributed by atoms with E-state index in [9.17, 15) is 0 Å². The summed E-state index contributed by atoms with van der Waals surface area (Å²) in [4.78, 5) is 8.85. The second-order valence-electron chi connectivity index (χ2n) is 6.12. The fraction of sp³-hybridized carbons (Fsp3) is 0.588. The number of nitrogens with one attached hydrogen (secondary N) is 1. The van der Waals surface area contributed by atoms with Crippen LogP contribution < -0.4 is 5.32 Å². The highest BCUT2D eigenvalue weighted by atomic mass is 32.1. The van der Waals surface area contributed by atoms with E-state index in [1.165, 1.54) is 50.9 Å². The molecular weight excluding hydrogens is 296 g/mol. The van der Waals surface area contributed by atoms with Crippen molar-refractivity contribution in [3.63, 3.8) is 0 Å². The standard InChI is InChI=1S/C17H24N2S2/c1-11-8-16(13(3)20-11)12(2)18-9-15-10-19-17(21-15)14-6-4-5-7-14/h8,10,12,14,18H,4-7,9H2,1-3H3. The number of rotatable bonds is 5. The first-order chi connectivity index (χ1) is 10.1. The molecule has 2 nitrogen and oxygen atoms in total. The first kappa shape index (κ1) is 15.2. The second-order valence-corrected chi connectivity index (χ2v) is 8.72. The number of thiophene rings is 1. The number of aryl methyl sites for hydroxylation is 2. The zero-order valence-electron chi connectivity index (χ0n) is 13.1. The van der Waals surface area contributed by atoms with Gasteiger partial charge in [-0.15, -0.1) is 22.7 Å². The molecule has 2 aromatic heterocycles. The van der Waals surface area contributed by atoms with Crippen LogP contribution in [0.5, 0.6) is 0 Å². The van der Waals surface area contributed by atoms with Gasteiger partial charge in [0.1, 0.15) is 0 Å². The summed E-state index contributed by atoms with van der Waals surface area (Å²) in [5.74, 6) is 0.739. The highest BCUT2D eigenvalue weighted by Crippen LogP contribution is 2.36. The highest BCUT2D eigenvalue weighted by Gasteiger charge is 2.20. The monoisotopic (exact) mass is 320 g/mol. The quantitative estimate of drug-likeness (QED) is 0.805. The molecule has 114 valence electrons. The van der Waals surface area contributed by atoms with Gasteiger partial charge in [0, 0.05) is 39.3 Å². The van der Waals surface area contributed by atoms with Crippen molar-refractivity contribution >= 4 is 22.7 Å². The Morgan fingerprint density at radius 3 is 2.71 bits per heavy atom. The lowest BCUT2D eigenvalue weighted by atomic mass is 10.1. The molecule has 0 spiro atoms. The smallest absolute Gasteiger partial charge is 0.0959 e. The molecule has 0 saturated heterocycles. The van der Waals surface area contributed by atoms with Crippen LogP contribution in [0.25, 0.3) is 0 Å². The Kier molecular flexibility index (Phi) is 4.77. The second kappa shape index (κ2) is 6.59. The van der Waals surface area contributed by atoms with E-state index in [1.807, 2.05) is 22.7 Å². The van der Waals surface area contributed by atoms with E-state index in [0.29, 0.717) is 6.04 Å². The van der Waals surface area contributed by atoms with Gasteiger partial charge >= 0.3 is 0 Å². The Morgan fingerprint density at radius 1 is 1.29 bits per heavy atom. The van der Waals surface area contributed by atoms with E-state index in [1.54, 1.807) is 0 Å². The molecule has 4 heteroatoms. The van der Waals surface area contributed by atoms with Crippen molar-refractivity contribution in [2.24, 2.45) is 0 Å². The summed E-state index contributed by atoms with van der Waals surface area (Å²) < 4.78 is 0. The van der Waals surface area contributed by atoms with E-state index < -0.39 is 0 Å². The molecule has 0 amide bonds. The van der Waals surface area contributed by atoms with Gasteiger partial charge in [-0.1, -0.05) is 12.8 Å². The fourth-order valence-electron chi connectivity index (χ4n) is 3.21. The maximum atomic E-state index is 4.65. The first-order valence-corrected chi connectivity index (χ1v) is 9.51. The van der Waals surface area contributed by atoms with E-state index in [-0.39, 0.29) is 0 Å². The molecule has 1 aliphatic rings. The van der Waals surface area contributed by atoms with Gasteiger partial charge in [-0.05, 0) is 45.2 Å². The molecule has 1 unspecified atom stereocenters. The van der Waals surface area contributed by atoms with Crippen LogP contribution in [-0.4, -0.2) is 4.98 Å². The minimum Gasteiger partial charge on any atom is -0.305 e. The van der Waals surface area contributed by atoms with Gasteiger partial charge in [0.2, 0.25) is 0 Å². The van der Waals surface area contributed by atoms with Crippen LogP contribution in [0, 0.1) is 13.8 Å². The Hall–Kier alpha value is -0.710. The zero-order valence-corrected chi connectivity index (χ0v) is 14.7. The van der Waals surface area contributed by atoms with Crippen molar-refractivity contribution in [1.29, 1.82) is 0 Å². The van der Waals surface area contributed by atoms with Crippen molar-refractivity contribution in [3.05, 3.63) is 37.5 Å². The maximum absolute atomic E-state index is 4.65. The van der Waals surface area contributed by atoms with Crippen molar-refractivity contribution in [1.82, 2.24) is 10.3 Å². The van der Waals surface area contributed by atoms with Gasteiger partial charge in [0.15, 0.2) is 0 Å². The summed E-state index contributed by atoms with van der Waals surface area (Å²) in [6, 6.07) is 2.72. The Bertz CT molecular complexity index is 594. The maximum Gasteiger partial charge on any atom is 0.0959 e. The molecule has 1 aliphatic carbocycles. The third-order valence-electron chi connectivity index (χ3n) is 4.40. The van der Waals surface area contributed by atoms with Crippen molar-refractivity contribution in [2.75, 3.05) is 0 Å². The fourth-order valence-corrected chi connectivity index (χ4v) is 5.27. The van der Waals surface area contributed by atoms with Crippen molar-refractivity contribution in [2.45, 2.75) is 65.0 Å². The molecular formula is C17H24N2S2. The molecule has 21 heavy (non-hydrogen) atoms. The van der Waals surface area contributed by atoms with E-state index in [0.717, 1.165) is 12.5 Å². The van der Waals surface area contributed by atoms with Crippen LogP contribution >= 0.6 is 22.7 Å². The van der Waals surface area contributed by atoms with Crippen LogP contribution in [0.15, 0.2) is 12.3 Å². The largest absolute Gasteiger partial charge is 0.305 e. The summed E-state index contributed by atoms with van der Waals surface area (Å²) in [7, 11) is 0. The number of thiazole rings is 1. The SMILES string of the molecule is Cc1cc(C(C)NCc2cnc(C3CCCC3)s2)c(C)s1. The molecule has 1 fully saturated rings. The van der Waals surface area contributed by atoms with Crippen LogP contribution in [0.1, 0.15) is 69.8 Å². The predicted octanol–water partition coefficient (Wildman–Crippen LogP) is 5.33. The van der Waals surface area contributed by atoms with Crippen molar-refractivity contribution < 1.29 is 0 Å². The van der Waals surface area contributed by atoms with Crippen LogP contribution in [0.4, 0.5) is 0 Å². The minimum absolute atomic E-state index is 0.409. The third-order valence-corrected chi connectivity index (χ3v) is 6.55. The molecule has 0 radical (unpaired) electrons. The summed E-state index contributed by atoms with van der Waals surface area (Å²) in [6.45, 7) is 7.59. The Morgan fingerprint density at radius 2 is 2.05 bits per heavy atom. The summed E-state index contributed by atoms with van der Waals surface area (Å²) in [5, 5.41) is 5.01. The lowest BCUT2D eigenvalue weighted by molar-refractivity contribution is 0.578. The van der Waals surface area contributed by atoms with Crippen molar-refractivity contribution in [3.8, 4) is 0 Å². The average molecular weight is 321 g/mol. The van der Waals surface area contributed by atoms with E-state index in [2.05, 4.69) is 43.3 Å². The highest BCUT2D eigenvalue weighted by molar-refractivity contribution is 7.12. The average Bonchev–Trinajstić information content (AvgIpc) is 3.15. The third kappa shape index (κ3) is 3.55. The van der Waals surface area contributed by atoms with Gasteiger partial charge in [0.05, 0.1) is 5.01 Å².